The molecule has 0 saturated heterocycles. The molecule has 0 bridgehead atoms. The van der Waals surface area contributed by atoms with Crippen molar-refractivity contribution in [2.24, 2.45) is 0 Å². The minimum absolute atomic E-state index is 0.129. The Hall–Kier alpha value is -0.770. The van der Waals surface area contributed by atoms with Gasteiger partial charge in [0, 0.05) is 6.54 Å². The molecule has 1 aromatic rings. The van der Waals surface area contributed by atoms with Crippen molar-refractivity contribution in [2.75, 3.05) is 6.54 Å². The van der Waals surface area contributed by atoms with Crippen molar-refractivity contribution < 1.29 is 9.21 Å². The standard InChI is InChI=1S/C16H26BrNO2/c1-2-3-4-5-6-7-8-9-10-13-18-16(19)14-11-12-15(17)20-14/h11-12H,2-10,13H2,1H3,(H,18,19). The summed E-state index contributed by atoms with van der Waals surface area (Å²) in [5.41, 5.74) is 0. The van der Waals surface area contributed by atoms with Crippen LogP contribution in [-0.4, -0.2) is 12.5 Å². The number of unbranched alkanes of at least 4 members (excludes halogenated alkanes) is 8. The Morgan fingerprint density at radius 2 is 1.65 bits per heavy atom. The highest BCUT2D eigenvalue weighted by Gasteiger charge is 2.08. The number of hydrogen-bond acceptors (Lipinski definition) is 2. The predicted octanol–water partition coefficient (Wildman–Crippen LogP) is 5.30. The quantitative estimate of drug-likeness (QED) is 0.553. The van der Waals surface area contributed by atoms with Gasteiger partial charge in [0.25, 0.3) is 5.91 Å². The van der Waals surface area contributed by atoms with Gasteiger partial charge in [-0.1, -0.05) is 58.3 Å². The molecule has 114 valence electrons. The summed E-state index contributed by atoms with van der Waals surface area (Å²) in [4.78, 5) is 11.7. The zero-order chi connectivity index (χ0) is 14.6. The second-order valence-electron chi connectivity index (χ2n) is 5.19. The first-order valence-corrected chi connectivity index (χ1v) is 8.57. The minimum atomic E-state index is -0.129. The smallest absolute Gasteiger partial charge is 0.287 e. The summed E-state index contributed by atoms with van der Waals surface area (Å²) >= 11 is 3.19. The third-order valence-corrected chi connectivity index (χ3v) is 3.79. The van der Waals surface area contributed by atoms with Crippen molar-refractivity contribution in [3.8, 4) is 0 Å². The molecule has 1 amide bonds. The summed E-state index contributed by atoms with van der Waals surface area (Å²) in [6.45, 7) is 2.97. The SMILES string of the molecule is CCCCCCCCCCCNC(=O)c1ccc(Br)o1. The Bertz CT molecular complexity index is 376. The van der Waals surface area contributed by atoms with Crippen molar-refractivity contribution in [3.05, 3.63) is 22.6 Å². The Labute approximate surface area is 130 Å². The highest BCUT2D eigenvalue weighted by Crippen LogP contribution is 2.14. The fourth-order valence-corrected chi connectivity index (χ4v) is 2.47. The van der Waals surface area contributed by atoms with Gasteiger partial charge in [-0.15, -0.1) is 0 Å². The van der Waals surface area contributed by atoms with Gasteiger partial charge in [0.15, 0.2) is 10.4 Å². The van der Waals surface area contributed by atoms with E-state index < -0.39 is 0 Å². The molecule has 0 radical (unpaired) electrons. The van der Waals surface area contributed by atoms with Crippen LogP contribution in [0.1, 0.15) is 75.3 Å². The van der Waals surface area contributed by atoms with E-state index in [0.717, 1.165) is 13.0 Å². The van der Waals surface area contributed by atoms with Gasteiger partial charge in [0.05, 0.1) is 0 Å². The first kappa shape index (κ1) is 17.3. The van der Waals surface area contributed by atoms with Crippen LogP contribution in [0.2, 0.25) is 0 Å². The summed E-state index contributed by atoms with van der Waals surface area (Å²) < 4.78 is 5.78. The van der Waals surface area contributed by atoms with Crippen LogP contribution in [0, 0.1) is 0 Å². The molecule has 0 atom stereocenters. The van der Waals surface area contributed by atoms with Crippen molar-refractivity contribution in [2.45, 2.75) is 64.7 Å². The lowest BCUT2D eigenvalue weighted by atomic mass is 10.1. The molecule has 0 unspecified atom stereocenters. The van der Waals surface area contributed by atoms with Gasteiger partial charge in [-0.05, 0) is 34.5 Å². The third-order valence-electron chi connectivity index (χ3n) is 3.36. The van der Waals surface area contributed by atoms with E-state index in [4.69, 9.17) is 4.42 Å². The van der Waals surface area contributed by atoms with Crippen molar-refractivity contribution in [1.82, 2.24) is 5.32 Å². The summed E-state index contributed by atoms with van der Waals surface area (Å²) in [7, 11) is 0. The van der Waals surface area contributed by atoms with Gasteiger partial charge in [-0.3, -0.25) is 4.79 Å². The third kappa shape index (κ3) is 7.73. The maximum absolute atomic E-state index is 11.7. The molecule has 0 aromatic carbocycles. The maximum Gasteiger partial charge on any atom is 0.287 e. The van der Waals surface area contributed by atoms with E-state index in [1.165, 1.54) is 51.4 Å². The first-order valence-electron chi connectivity index (χ1n) is 7.77. The normalized spacial score (nSPS) is 10.7. The molecule has 1 heterocycles. The van der Waals surface area contributed by atoms with Gasteiger partial charge in [0.2, 0.25) is 0 Å². The average molecular weight is 344 g/mol. The second-order valence-corrected chi connectivity index (χ2v) is 5.97. The van der Waals surface area contributed by atoms with Gasteiger partial charge in [0.1, 0.15) is 0 Å². The number of nitrogens with one attached hydrogen (secondary N) is 1. The van der Waals surface area contributed by atoms with E-state index in [1.54, 1.807) is 12.1 Å². The molecular weight excluding hydrogens is 318 g/mol. The van der Waals surface area contributed by atoms with Crippen LogP contribution in [0.25, 0.3) is 0 Å². The topological polar surface area (TPSA) is 42.2 Å². The van der Waals surface area contributed by atoms with Gasteiger partial charge >= 0.3 is 0 Å². The number of hydrogen-bond donors (Lipinski definition) is 1. The second kappa shape index (κ2) is 11.0. The molecule has 0 spiro atoms. The maximum atomic E-state index is 11.7. The monoisotopic (exact) mass is 343 g/mol. The van der Waals surface area contributed by atoms with Crippen LogP contribution < -0.4 is 5.32 Å². The Morgan fingerprint density at radius 1 is 1.05 bits per heavy atom. The van der Waals surface area contributed by atoms with E-state index in [0.29, 0.717) is 10.4 Å². The van der Waals surface area contributed by atoms with Crippen LogP contribution in [0.15, 0.2) is 21.2 Å². The van der Waals surface area contributed by atoms with Crippen molar-refractivity contribution in [3.63, 3.8) is 0 Å². The molecule has 1 N–H and O–H groups in total. The first-order chi connectivity index (χ1) is 9.74. The molecular formula is C16H26BrNO2. The summed E-state index contributed by atoms with van der Waals surface area (Å²) in [6.07, 6.45) is 11.6. The predicted molar refractivity (Wildman–Crippen MR) is 86.0 cm³/mol. The molecule has 0 fully saturated rings. The lowest BCUT2D eigenvalue weighted by molar-refractivity contribution is 0.0924. The van der Waals surface area contributed by atoms with E-state index in [9.17, 15) is 4.79 Å². The number of furan rings is 1. The number of carbonyl (C=O) groups is 1. The molecule has 0 aliphatic rings. The molecule has 3 nitrogen and oxygen atoms in total. The Morgan fingerprint density at radius 3 is 2.20 bits per heavy atom. The Balaban J connectivity index is 1.91. The number of halogens is 1. The van der Waals surface area contributed by atoms with Crippen LogP contribution in [0.4, 0.5) is 0 Å². The van der Waals surface area contributed by atoms with Crippen LogP contribution in [0.5, 0.6) is 0 Å². The van der Waals surface area contributed by atoms with Crippen LogP contribution >= 0.6 is 15.9 Å². The lowest BCUT2D eigenvalue weighted by Gasteiger charge is -2.03. The zero-order valence-electron chi connectivity index (χ0n) is 12.4. The molecule has 0 aliphatic carbocycles. The molecule has 20 heavy (non-hydrogen) atoms. The van der Waals surface area contributed by atoms with Gasteiger partial charge in [-0.2, -0.15) is 0 Å². The lowest BCUT2D eigenvalue weighted by Crippen LogP contribution is -2.23. The summed E-state index contributed by atoms with van der Waals surface area (Å²) in [5.74, 6) is 0.239. The fourth-order valence-electron chi connectivity index (χ4n) is 2.16. The summed E-state index contributed by atoms with van der Waals surface area (Å²) in [5, 5.41) is 2.88. The zero-order valence-corrected chi connectivity index (χ0v) is 14.0. The van der Waals surface area contributed by atoms with Gasteiger partial charge < -0.3 is 9.73 Å². The van der Waals surface area contributed by atoms with E-state index in [-0.39, 0.29) is 5.91 Å². The largest absolute Gasteiger partial charge is 0.444 e. The van der Waals surface area contributed by atoms with Crippen molar-refractivity contribution >= 4 is 21.8 Å². The van der Waals surface area contributed by atoms with Crippen molar-refractivity contribution in [1.29, 1.82) is 0 Å². The highest BCUT2D eigenvalue weighted by molar-refractivity contribution is 9.10. The Kier molecular flexibility index (Phi) is 9.46. The molecule has 1 aromatic heterocycles. The molecule has 1 rings (SSSR count). The number of amides is 1. The molecule has 0 saturated carbocycles. The summed E-state index contributed by atoms with van der Waals surface area (Å²) in [6, 6.07) is 3.41. The fraction of sp³-hybridized carbons (Fsp3) is 0.688. The molecule has 4 heteroatoms. The van der Waals surface area contributed by atoms with Gasteiger partial charge in [-0.25, -0.2) is 0 Å². The van der Waals surface area contributed by atoms with Crippen LogP contribution in [-0.2, 0) is 0 Å². The van der Waals surface area contributed by atoms with E-state index in [1.807, 2.05) is 0 Å². The average Bonchev–Trinajstić information content (AvgIpc) is 2.87. The van der Waals surface area contributed by atoms with E-state index >= 15 is 0 Å². The highest BCUT2D eigenvalue weighted by atomic mass is 79.9. The minimum Gasteiger partial charge on any atom is -0.444 e. The molecule has 0 aliphatic heterocycles. The van der Waals surface area contributed by atoms with Crippen LogP contribution in [0.3, 0.4) is 0 Å². The number of carbonyl (C=O) groups excluding carboxylic acids is 1. The van der Waals surface area contributed by atoms with E-state index in [2.05, 4.69) is 28.2 Å². The number of rotatable bonds is 11.